The zero-order valence-corrected chi connectivity index (χ0v) is 17.8. The van der Waals surface area contributed by atoms with E-state index in [0.29, 0.717) is 12.4 Å². The lowest BCUT2D eigenvalue weighted by Crippen LogP contribution is -2.30. The van der Waals surface area contributed by atoms with Gasteiger partial charge < -0.3 is 4.74 Å². The van der Waals surface area contributed by atoms with Crippen molar-refractivity contribution in [3.63, 3.8) is 0 Å². The number of carbonyl (C=O) groups excluding carboxylic acids is 1. The van der Waals surface area contributed by atoms with E-state index in [1.807, 2.05) is 62.4 Å². The van der Waals surface area contributed by atoms with Crippen LogP contribution in [0.2, 0.25) is 0 Å². The molecule has 5 heteroatoms. The highest BCUT2D eigenvalue weighted by atomic mass is 16.5. The van der Waals surface area contributed by atoms with Crippen molar-refractivity contribution in [3.8, 4) is 6.01 Å². The number of carbonyl (C=O) groups is 1. The van der Waals surface area contributed by atoms with E-state index in [4.69, 9.17) is 9.72 Å². The van der Waals surface area contributed by atoms with E-state index in [1.54, 1.807) is 0 Å². The van der Waals surface area contributed by atoms with Gasteiger partial charge in [0.15, 0.2) is 5.78 Å². The summed E-state index contributed by atoms with van der Waals surface area (Å²) in [6, 6.07) is 18.4. The molecule has 1 aliphatic rings. The molecule has 1 aromatic heterocycles. The summed E-state index contributed by atoms with van der Waals surface area (Å²) in [6.45, 7) is 6.83. The number of fused-ring (bicyclic) bond motifs is 1. The first kappa shape index (κ1) is 20.4. The van der Waals surface area contributed by atoms with Crippen LogP contribution in [0.5, 0.6) is 6.01 Å². The van der Waals surface area contributed by atoms with Crippen LogP contribution in [0.15, 0.2) is 60.7 Å². The Bertz CT molecular complexity index is 1040. The van der Waals surface area contributed by atoms with Gasteiger partial charge in [-0.1, -0.05) is 48.5 Å². The smallest absolute Gasteiger partial charge is 0.302 e. The van der Waals surface area contributed by atoms with Crippen LogP contribution in [0.4, 0.5) is 0 Å². The number of aromatic nitrogens is 2. The molecule has 0 N–H and O–H groups in total. The minimum absolute atomic E-state index is 0.0726. The normalized spacial score (nSPS) is 14.8. The van der Waals surface area contributed by atoms with E-state index >= 15 is 0 Å². The molecule has 30 heavy (non-hydrogen) atoms. The molecule has 0 saturated carbocycles. The summed E-state index contributed by atoms with van der Waals surface area (Å²) in [6.07, 6.45) is 4.75. The highest BCUT2D eigenvalue weighted by molar-refractivity contribution is 5.95. The second kappa shape index (κ2) is 9.26. The predicted octanol–water partition coefficient (Wildman–Crippen LogP) is 5.03. The number of nitrogens with zero attached hydrogens (tertiary/aromatic N) is 3. The largest absolute Gasteiger partial charge is 0.462 e. The summed E-state index contributed by atoms with van der Waals surface area (Å²) in [5, 5.41) is 0. The van der Waals surface area contributed by atoms with Gasteiger partial charge in [-0.05, 0) is 38.9 Å². The van der Waals surface area contributed by atoms with Crippen LogP contribution in [-0.2, 0) is 0 Å². The first-order valence-corrected chi connectivity index (χ1v) is 10.8. The zero-order chi connectivity index (χ0) is 20.9. The Hall–Kier alpha value is -2.92. The van der Waals surface area contributed by atoms with Crippen molar-refractivity contribution in [1.82, 2.24) is 14.5 Å². The van der Waals surface area contributed by atoms with Crippen LogP contribution >= 0.6 is 0 Å². The molecule has 3 aromatic rings. The summed E-state index contributed by atoms with van der Waals surface area (Å²) >= 11 is 0. The summed E-state index contributed by atoms with van der Waals surface area (Å²) in [7, 11) is 0. The molecular weight excluding hydrogens is 374 g/mol. The predicted molar refractivity (Wildman–Crippen MR) is 121 cm³/mol. The second-order valence-electron chi connectivity index (χ2n) is 8.02. The van der Waals surface area contributed by atoms with Gasteiger partial charge in [-0.15, -0.1) is 0 Å². The van der Waals surface area contributed by atoms with Crippen molar-refractivity contribution < 1.29 is 9.53 Å². The van der Waals surface area contributed by atoms with E-state index in [1.165, 1.54) is 5.70 Å². The third-order valence-corrected chi connectivity index (χ3v) is 5.40. The maximum absolute atomic E-state index is 12.3. The molecule has 0 bridgehead atoms. The molecule has 2 aromatic carbocycles. The van der Waals surface area contributed by atoms with E-state index in [-0.39, 0.29) is 11.9 Å². The van der Waals surface area contributed by atoms with Crippen LogP contribution in [0.1, 0.15) is 43.5 Å². The lowest BCUT2D eigenvalue weighted by Gasteiger charge is -2.27. The van der Waals surface area contributed by atoms with Crippen molar-refractivity contribution in [2.75, 3.05) is 19.6 Å². The Morgan fingerprint density at radius 2 is 1.87 bits per heavy atom. The molecule has 2 heterocycles. The standard InChI is InChI=1S/C25H29N3O2/c1-19(2)30-25-26-22-11-6-7-12-23(22)28(25)21-14-17-27(18-15-21)16-8-13-24(29)20-9-4-3-5-10-20/h3-7,9-12,14,19H,8,13,15-18H2,1-2H3. The molecule has 1 aliphatic heterocycles. The van der Waals surface area contributed by atoms with E-state index < -0.39 is 0 Å². The van der Waals surface area contributed by atoms with Crippen LogP contribution in [0.3, 0.4) is 0 Å². The quantitative estimate of drug-likeness (QED) is 0.495. The van der Waals surface area contributed by atoms with Gasteiger partial charge in [-0.25, -0.2) is 0 Å². The molecular formula is C25H29N3O2. The number of ketones is 1. The van der Waals surface area contributed by atoms with E-state index in [2.05, 4.69) is 21.6 Å². The number of imidazole rings is 1. The number of benzene rings is 2. The first-order chi connectivity index (χ1) is 14.6. The average molecular weight is 404 g/mol. The molecule has 0 radical (unpaired) electrons. The van der Waals surface area contributed by atoms with Gasteiger partial charge in [-0.3, -0.25) is 14.3 Å². The molecule has 0 fully saturated rings. The SMILES string of the molecule is CC(C)Oc1nc2ccccc2n1C1=CCN(CCCC(=O)c2ccccc2)CC1. The van der Waals surface area contributed by atoms with Crippen molar-refractivity contribution in [3.05, 3.63) is 66.2 Å². The van der Waals surface area contributed by atoms with Crippen molar-refractivity contribution in [2.24, 2.45) is 0 Å². The van der Waals surface area contributed by atoms with Crippen LogP contribution < -0.4 is 4.74 Å². The molecule has 0 aliphatic carbocycles. The van der Waals surface area contributed by atoms with Gasteiger partial charge in [0.25, 0.3) is 0 Å². The highest BCUT2D eigenvalue weighted by Gasteiger charge is 2.20. The van der Waals surface area contributed by atoms with Gasteiger partial charge in [0, 0.05) is 37.2 Å². The number of para-hydroxylation sites is 2. The highest BCUT2D eigenvalue weighted by Crippen LogP contribution is 2.29. The Balaban J connectivity index is 1.40. The molecule has 0 amide bonds. The van der Waals surface area contributed by atoms with Crippen molar-refractivity contribution >= 4 is 22.5 Å². The fourth-order valence-electron chi connectivity index (χ4n) is 3.91. The lowest BCUT2D eigenvalue weighted by molar-refractivity contribution is 0.0975. The Morgan fingerprint density at radius 3 is 2.60 bits per heavy atom. The van der Waals surface area contributed by atoms with E-state index in [9.17, 15) is 4.79 Å². The maximum atomic E-state index is 12.3. The van der Waals surface area contributed by atoms with Crippen molar-refractivity contribution in [1.29, 1.82) is 0 Å². The summed E-state index contributed by atoms with van der Waals surface area (Å²) in [4.78, 5) is 19.4. The zero-order valence-electron chi connectivity index (χ0n) is 17.8. The minimum Gasteiger partial charge on any atom is -0.462 e. The minimum atomic E-state index is 0.0726. The van der Waals surface area contributed by atoms with Crippen molar-refractivity contribution in [2.45, 2.75) is 39.2 Å². The van der Waals surface area contributed by atoms with Gasteiger partial charge in [0.05, 0.1) is 17.1 Å². The number of Topliss-reactive ketones (excluding diaryl/α,β-unsaturated/α-hetero) is 1. The number of hydrogen-bond donors (Lipinski definition) is 0. The average Bonchev–Trinajstić information content (AvgIpc) is 3.12. The number of hydrogen-bond acceptors (Lipinski definition) is 4. The second-order valence-corrected chi connectivity index (χ2v) is 8.02. The monoisotopic (exact) mass is 403 g/mol. The number of rotatable bonds is 8. The fourth-order valence-corrected chi connectivity index (χ4v) is 3.91. The Morgan fingerprint density at radius 1 is 1.10 bits per heavy atom. The van der Waals surface area contributed by atoms with Gasteiger partial charge in [0.2, 0.25) is 0 Å². The third-order valence-electron chi connectivity index (χ3n) is 5.40. The molecule has 5 nitrogen and oxygen atoms in total. The topological polar surface area (TPSA) is 47.4 Å². The Labute approximate surface area is 178 Å². The third kappa shape index (κ3) is 4.62. The fraction of sp³-hybridized carbons (Fsp3) is 0.360. The molecule has 4 rings (SSSR count). The Kier molecular flexibility index (Phi) is 6.29. The van der Waals surface area contributed by atoms with Gasteiger partial charge >= 0.3 is 6.01 Å². The van der Waals surface area contributed by atoms with E-state index in [0.717, 1.165) is 49.1 Å². The molecule has 0 unspecified atom stereocenters. The summed E-state index contributed by atoms with van der Waals surface area (Å²) < 4.78 is 8.16. The van der Waals surface area contributed by atoms with Crippen LogP contribution in [0, 0.1) is 0 Å². The van der Waals surface area contributed by atoms with Gasteiger partial charge in [-0.2, -0.15) is 4.98 Å². The van der Waals surface area contributed by atoms with Crippen LogP contribution in [0.25, 0.3) is 16.7 Å². The summed E-state index contributed by atoms with van der Waals surface area (Å²) in [5.41, 5.74) is 4.08. The molecule has 0 spiro atoms. The van der Waals surface area contributed by atoms with Crippen LogP contribution in [-0.4, -0.2) is 46.0 Å². The first-order valence-electron chi connectivity index (χ1n) is 10.8. The maximum Gasteiger partial charge on any atom is 0.302 e. The molecule has 156 valence electrons. The van der Waals surface area contributed by atoms with Gasteiger partial charge in [0.1, 0.15) is 0 Å². The molecule has 0 atom stereocenters. The summed E-state index contributed by atoms with van der Waals surface area (Å²) in [5.74, 6) is 0.226. The number of ether oxygens (including phenoxy) is 1. The lowest BCUT2D eigenvalue weighted by atomic mass is 10.1. The molecule has 0 saturated heterocycles.